The Labute approximate surface area is 170 Å². The molecule has 0 aliphatic carbocycles. The van der Waals surface area contributed by atoms with E-state index in [9.17, 15) is 14.4 Å². The number of anilines is 1. The summed E-state index contributed by atoms with van der Waals surface area (Å²) in [5.74, 6) is -0.839. The highest BCUT2D eigenvalue weighted by molar-refractivity contribution is 5.94. The van der Waals surface area contributed by atoms with Gasteiger partial charge in [0.2, 0.25) is 11.8 Å². The lowest BCUT2D eigenvalue weighted by atomic mass is 10.3. The lowest BCUT2D eigenvalue weighted by Crippen LogP contribution is -2.37. The maximum absolute atomic E-state index is 12.3. The van der Waals surface area contributed by atoms with Crippen LogP contribution in [0.5, 0.6) is 0 Å². The third-order valence-electron chi connectivity index (χ3n) is 4.33. The lowest BCUT2D eigenvalue weighted by molar-refractivity contribution is -0.124. The zero-order valence-corrected chi connectivity index (χ0v) is 15.7. The van der Waals surface area contributed by atoms with E-state index in [0.717, 1.165) is 5.69 Å². The summed E-state index contributed by atoms with van der Waals surface area (Å²) in [6.07, 6.45) is 4.17. The van der Waals surface area contributed by atoms with Crippen molar-refractivity contribution in [3.05, 3.63) is 77.7 Å². The van der Waals surface area contributed by atoms with E-state index in [1.807, 2.05) is 0 Å². The average Bonchev–Trinajstić information content (AvgIpc) is 3.30. The molecular weight excluding hydrogens is 386 g/mol. The molecule has 0 unspecified atom stereocenters. The summed E-state index contributed by atoms with van der Waals surface area (Å²) < 4.78 is 2.91. The van der Waals surface area contributed by atoms with Gasteiger partial charge in [-0.15, -0.1) is 0 Å². The number of hydrogen-bond donors (Lipinski definition) is 2. The van der Waals surface area contributed by atoms with Crippen molar-refractivity contribution in [1.29, 1.82) is 0 Å². The van der Waals surface area contributed by atoms with Crippen molar-refractivity contribution in [2.75, 3.05) is 11.9 Å². The quantitative estimate of drug-likeness (QED) is 0.489. The molecule has 2 aromatic carbocycles. The number of hydrogen-bond acceptors (Lipinski definition) is 6. The Morgan fingerprint density at radius 1 is 1.00 bits per heavy atom. The fourth-order valence-corrected chi connectivity index (χ4v) is 2.90. The molecule has 0 aliphatic rings. The Morgan fingerprint density at radius 2 is 1.80 bits per heavy atom. The normalized spacial score (nSPS) is 10.7. The summed E-state index contributed by atoms with van der Waals surface area (Å²) in [7, 11) is 0. The fourth-order valence-electron chi connectivity index (χ4n) is 2.90. The Morgan fingerprint density at radius 3 is 2.57 bits per heavy atom. The first-order valence-corrected chi connectivity index (χ1v) is 9.06. The highest BCUT2D eigenvalue weighted by atomic mass is 16.2. The fraction of sp³-hybridized carbons (Fsp3) is 0.100. The second-order valence-electron chi connectivity index (χ2n) is 6.38. The van der Waals surface area contributed by atoms with E-state index in [2.05, 4.69) is 25.7 Å². The van der Waals surface area contributed by atoms with Crippen LogP contribution in [0.2, 0.25) is 0 Å². The first kappa shape index (κ1) is 19.0. The van der Waals surface area contributed by atoms with E-state index in [-0.39, 0.29) is 24.6 Å². The molecule has 0 fully saturated rings. The van der Waals surface area contributed by atoms with Gasteiger partial charge in [0.25, 0.3) is 5.56 Å². The summed E-state index contributed by atoms with van der Waals surface area (Å²) in [6.45, 7) is -0.427. The van der Waals surface area contributed by atoms with Crippen LogP contribution >= 0.6 is 0 Å². The van der Waals surface area contributed by atoms with E-state index in [1.54, 1.807) is 59.5 Å². The molecule has 150 valence electrons. The van der Waals surface area contributed by atoms with Gasteiger partial charge in [0.15, 0.2) is 0 Å². The smallest absolute Gasteiger partial charge is 0.269 e. The summed E-state index contributed by atoms with van der Waals surface area (Å²) in [5.41, 5.74) is 2.15. The molecule has 10 nitrogen and oxygen atoms in total. The molecule has 2 heterocycles. The highest BCUT2D eigenvalue weighted by Gasteiger charge is 2.10. The Bertz CT molecular complexity index is 1250. The molecule has 2 amide bonds. The van der Waals surface area contributed by atoms with Gasteiger partial charge < -0.3 is 10.6 Å². The predicted molar refractivity (Wildman–Crippen MR) is 109 cm³/mol. The van der Waals surface area contributed by atoms with E-state index >= 15 is 0 Å². The zero-order valence-electron chi connectivity index (χ0n) is 15.7. The molecule has 10 heteroatoms. The molecule has 0 bridgehead atoms. The van der Waals surface area contributed by atoms with E-state index in [0.29, 0.717) is 16.7 Å². The van der Waals surface area contributed by atoms with Crippen LogP contribution in [0.15, 0.2) is 72.2 Å². The summed E-state index contributed by atoms with van der Waals surface area (Å²) in [4.78, 5) is 44.4. The van der Waals surface area contributed by atoms with Gasteiger partial charge >= 0.3 is 0 Å². The average molecular weight is 403 g/mol. The van der Waals surface area contributed by atoms with Gasteiger partial charge in [-0.05, 0) is 36.4 Å². The molecular formula is C20H17N7O3. The molecule has 0 saturated heterocycles. The standard InChI is InChI=1S/C20H17N7O3/c28-18(25-14-5-7-15(8-6-14)27-13-21-12-24-27)9-23-19(29)11-26-17-4-2-1-3-16(17)22-10-20(26)30/h1-8,10,12-13H,9,11H2,(H,23,29)(H,25,28). The minimum Gasteiger partial charge on any atom is -0.345 e. The van der Waals surface area contributed by atoms with Crippen molar-refractivity contribution < 1.29 is 9.59 Å². The summed E-state index contributed by atoms with van der Waals surface area (Å²) >= 11 is 0. The van der Waals surface area contributed by atoms with Crippen molar-refractivity contribution in [2.24, 2.45) is 0 Å². The van der Waals surface area contributed by atoms with Crippen LogP contribution in [0, 0.1) is 0 Å². The molecule has 0 aliphatic heterocycles. The SMILES string of the molecule is O=C(Cn1c(=O)cnc2ccccc21)NCC(=O)Nc1ccc(-n2cncn2)cc1. The van der Waals surface area contributed by atoms with Crippen LogP contribution < -0.4 is 16.2 Å². The first-order chi connectivity index (χ1) is 14.6. The minimum atomic E-state index is -0.454. The summed E-state index contributed by atoms with van der Waals surface area (Å²) in [5, 5.41) is 9.25. The Kier molecular flexibility index (Phi) is 5.29. The third kappa shape index (κ3) is 4.22. The monoisotopic (exact) mass is 403 g/mol. The van der Waals surface area contributed by atoms with Crippen LogP contribution in [-0.2, 0) is 16.1 Å². The highest BCUT2D eigenvalue weighted by Crippen LogP contribution is 2.12. The van der Waals surface area contributed by atoms with Crippen LogP contribution in [0.25, 0.3) is 16.7 Å². The number of rotatable bonds is 6. The van der Waals surface area contributed by atoms with Crippen molar-refractivity contribution in [1.82, 2.24) is 29.6 Å². The summed E-state index contributed by atoms with van der Waals surface area (Å²) in [6, 6.07) is 14.0. The lowest BCUT2D eigenvalue weighted by Gasteiger charge is -2.10. The maximum atomic E-state index is 12.3. The van der Waals surface area contributed by atoms with Gasteiger partial charge in [0.05, 0.1) is 29.5 Å². The third-order valence-corrected chi connectivity index (χ3v) is 4.33. The number of fused-ring (bicyclic) bond motifs is 1. The van der Waals surface area contributed by atoms with Gasteiger partial charge in [0, 0.05) is 5.69 Å². The number of para-hydroxylation sites is 2. The molecule has 0 atom stereocenters. The molecule has 0 saturated carbocycles. The number of aromatic nitrogens is 5. The van der Waals surface area contributed by atoms with Crippen molar-refractivity contribution >= 4 is 28.5 Å². The second-order valence-corrected chi connectivity index (χ2v) is 6.38. The van der Waals surface area contributed by atoms with Gasteiger partial charge in [-0.25, -0.2) is 14.6 Å². The topological polar surface area (TPSA) is 124 Å². The van der Waals surface area contributed by atoms with Gasteiger partial charge in [-0.1, -0.05) is 12.1 Å². The van der Waals surface area contributed by atoms with Crippen LogP contribution in [0.1, 0.15) is 0 Å². The number of nitrogens with one attached hydrogen (secondary N) is 2. The Balaban J connectivity index is 1.34. The number of benzene rings is 2. The van der Waals surface area contributed by atoms with Crippen molar-refractivity contribution in [3.63, 3.8) is 0 Å². The van der Waals surface area contributed by atoms with Crippen molar-refractivity contribution in [2.45, 2.75) is 6.54 Å². The maximum Gasteiger partial charge on any atom is 0.269 e. The van der Waals surface area contributed by atoms with E-state index < -0.39 is 5.91 Å². The second kappa shape index (κ2) is 8.35. The molecule has 30 heavy (non-hydrogen) atoms. The molecule has 4 rings (SSSR count). The largest absolute Gasteiger partial charge is 0.345 e. The van der Waals surface area contributed by atoms with E-state index in [1.165, 1.54) is 17.1 Å². The Hall–Kier alpha value is -4.34. The number of carbonyl (C=O) groups is 2. The predicted octanol–water partition coefficient (Wildman–Crippen LogP) is 0.732. The number of amides is 2. The molecule has 0 radical (unpaired) electrons. The van der Waals surface area contributed by atoms with Crippen LogP contribution in [0.3, 0.4) is 0 Å². The number of nitrogens with zero attached hydrogens (tertiary/aromatic N) is 5. The van der Waals surface area contributed by atoms with Gasteiger partial charge in [-0.2, -0.15) is 5.10 Å². The van der Waals surface area contributed by atoms with Gasteiger partial charge in [0.1, 0.15) is 19.2 Å². The van der Waals surface area contributed by atoms with Gasteiger partial charge in [-0.3, -0.25) is 19.0 Å². The van der Waals surface area contributed by atoms with Crippen molar-refractivity contribution in [3.8, 4) is 5.69 Å². The van der Waals surface area contributed by atoms with E-state index in [4.69, 9.17) is 0 Å². The van der Waals surface area contributed by atoms with Crippen LogP contribution in [0.4, 0.5) is 5.69 Å². The zero-order chi connectivity index (χ0) is 20.9. The molecule has 2 aromatic heterocycles. The molecule has 2 N–H and O–H groups in total. The minimum absolute atomic E-state index is 0.207. The van der Waals surface area contributed by atoms with Crippen LogP contribution in [-0.4, -0.2) is 42.7 Å². The number of carbonyl (C=O) groups excluding carboxylic acids is 2. The first-order valence-electron chi connectivity index (χ1n) is 9.06. The molecule has 0 spiro atoms. The molecule has 4 aromatic rings.